The van der Waals surface area contributed by atoms with Crippen molar-refractivity contribution in [1.82, 2.24) is 5.32 Å². The van der Waals surface area contributed by atoms with Crippen LogP contribution in [0.25, 0.3) is 0 Å². The minimum atomic E-state index is -0.517. The van der Waals surface area contributed by atoms with Crippen LogP contribution in [0.15, 0.2) is 18.2 Å². The second-order valence-electron chi connectivity index (χ2n) is 5.93. The topological polar surface area (TPSA) is 21.3 Å². The number of morpholine rings is 1. The van der Waals surface area contributed by atoms with Crippen molar-refractivity contribution in [3.63, 3.8) is 0 Å². The molecule has 1 saturated heterocycles. The van der Waals surface area contributed by atoms with E-state index in [1.54, 1.807) is 0 Å². The Morgan fingerprint density at radius 2 is 1.80 bits per heavy atom. The average molecular weight is 281 g/mol. The van der Waals surface area contributed by atoms with Gasteiger partial charge in [0.05, 0.1) is 11.7 Å². The Morgan fingerprint density at radius 3 is 2.50 bits per heavy atom. The molecule has 1 aliphatic heterocycles. The number of benzene rings is 1. The van der Waals surface area contributed by atoms with E-state index in [4.69, 9.17) is 4.74 Å². The lowest BCUT2D eigenvalue weighted by molar-refractivity contribution is -0.0517. The molecule has 20 heavy (non-hydrogen) atoms. The molecule has 0 bridgehead atoms. The monoisotopic (exact) mass is 281 g/mol. The van der Waals surface area contributed by atoms with Crippen molar-refractivity contribution in [2.75, 3.05) is 13.1 Å². The van der Waals surface area contributed by atoms with Gasteiger partial charge in [0.2, 0.25) is 0 Å². The molecule has 1 saturated carbocycles. The first-order valence-corrected chi connectivity index (χ1v) is 7.54. The summed E-state index contributed by atoms with van der Waals surface area (Å²) < 4.78 is 33.6. The molecular formula is C16H21F2NO. The standard InChI is InChI=1S/C16H21F2NO/c17-13-6-3-7-14(18)16(13)15-10-19-9-12(20-15)8-11-4-1-2-5-11/h3,6-7,11-12,15,19H,1-2,4-5,8-10H2. The van der Waals surface area contributed by atoms with E-state index in [1.165, 1.54) is 43.9 Å². The molecule has 2 unspecified atom stereocenters. The number of hydrogen-bond donors (Lipinski definition) is 1. The highest BCUT2D eigenvalue weighted by Crippen LogP contribution is 2.33. The fourth-order valence-electron chi connectivity index (χ4n) is 3.45. The molecule has 2 nitrogen and oxygen atoms in total. The summed E-state index contributed by atoms with van der Waals surface area (Å²) in [4.78, 5) is 0. The third-order valence-electron chi connectivity index (χ3n) is 4.45. The van der Waals surface area contributed by atoms with Gasteiger partial charge in [-0.3, -0.25) is 0 Å². The van der Waals surface area contributed by atoms with Crippen LogP contribution in [0.5, 0.6) is 0 Å². The number of halogens is 2. The summed E-state index contributed by atoms with van der Waals surface area (Å²) in [5, 5.41) is 3.25. The van der Waals surface area contributed by atoms with Gasteiger partial charge in [-0.25, -0.2) is 8.78 Å². The summed E-state index contributed by atoms with van der Waals surface area (Å²) in [6, 6.07) is 3.98. The Balaban J connectivity index is 1.68. The number of ether oxygens (including phenoxy) is 1. The summed E-state index contributed by atoms with van der Waals surface area (Å²) in [7, 11) is 0. The van der Waals surface area contributed by atoms with Gasteiger partial charge in [-0.1, -0.05) is 31.7 Å². The van der Waals surface area contributed by atoms with E-state index < -0.39 is 17.7 Å². The summed E-state index contributed by atoms with van der Waals surface area (Å²) >= 11 is 0. The minimum absolute atomic E-state index is 0.0656. The Bertz CT molecular complexity index is 440. The van der Waals surface area contributed by atoms with E-state index in [9.17, 15) is 8.78 Å². The third-order valence-corrected chi connectivity index (χ3v) is 4.45. The first kappa shape index (κ1) is 14.0. The van der Waals surface area contributed by atoms with Gasteiger partial charge in [-0.2, -0.15) is 0 Å². The van der Waals surface area contributed by atoms with Crippen molar-refractivity contribution in [3.8, 4) is 0 Å². The van der Waals surface area contributed by atoms with Crippen LogP contribution in [-0.4, -0.2) is 19.2 Å². The van der Waals surface area contributed by atoms with Gasteiger partial charge in [0.1, 0.15) is 17.7 Å². The van der Waals surface area contributed by atoms with Crippen LogP contribution < -0.4 is 5.32 Å². The van der Waals surface area contributed by atoms with Gasteiger partial charge >= 0.3 is 0 Å². The van der Waals surface area contributed by atoms with Crippen molar-refractivity contribution in [2.24, 2.45) is 5.92 Å². The summed E-state index contributed by atoms with van der Waals surface area (Å²) in [6.45, 7) is 1.25. The highest BCUT2D eigenvalue weighted by atomic mass is 19.1. The van der Waals surface area contributed by atoms with E-state index in [1.807, 2.05) is 0 Å². The van der Waals surface area contributed by atoms with Crippen molar-refractivity contribution < 1.29 is 13.5 Å². The van der Waals surface area contributed by atoms with Crippen LogP contribution in [0, 0.1) is 17.6 Å². The van der Waals surface area contributed by atoms with Crippen LogP contribution in [0.2, 0.25) is 0 Å². The summed E-state index contributed by atoms with van der Waals surface area (Å²) in [6.07, 6.45) is 5.68. The maximum absolute atomic E-state index is 13.8. The molecule has 1 N–H and O–H groups in total. The molecule has 3 rings (SSSR count). The van der Waals surface area contributed by atoms with Gasteiger partial charge in [0, 0.05) is 13.1 Å². The molecule has 1 aromatic rings. The fourth-order valence-corrected chi connectivity index (χ4v) is 3.45. The maximum Gasteiger partial charge on any atom is 0.132 e. The van der Waals surface area contributed by atoms with E-state index in [-0.39, 0.29) is 11.7 Å². The Morgan fingerprint density at radius 1 is 1.10 bits per heavy atom. The molecule has 1 aliphatic carbocycles. The summed E-state index contributed by atoms with van der Waals surface area (Å²) in [5.74, 6) is -0.317. The predicted molar refractivity (Wildman–Crippen MR) is 73.4 cm³/mol. The van der Waals surface area contributed by atoms with Crippen LogP contribution in [0.1, 0.15) is 43.8 Å². The molecule has 2 fully saturated rings. The zero-order valence-electron chi connectivity index (χ0n) is 11.6. The van der Waals surface area contributed by atoms with E-state index in [2.05, 4.69) is 5.32 Å². The lowest BCUT2D eigenvalue weighted by Gasteiger charge is -2.32. The lowest BCUT2D eigenvalue weighted by atomic mass is 9.98. The molecule has 1 aromatic carbocycles. The van der Waals surface area contributed by atoms with E-state index >= 15 is 0 Å². The van der Waals surface area contributed by atoms with Crippen LogP contribution in [0.4, 0.5) is 8.78 Å². The smallest absolute Gasteiger partial charge is 0.132 e. The summed E-state index contributed by atoms with van der Waals surface area (Å²) in [5.41, 5.74) is 0.0659. The van der Waals surface area contributed by atoms with Crippen LogP contribution >= 0.6 is 0 Å². The molecule has 4 heteroatoms. The lowest BCUT2D eigenvalue weighted by Crippen LogP contribution is -2.41. The second-order valence-corrected chi connectivity index (χ2v) is 5.93. The average Bonchev–Trinajstić information content (AvgIpc) is 2.92. The first-order chi connectivity index (χ1) is 9.74. The van der Waals surface area contributed by atoms with Crippen molar-refractivity contribution in [2.45, 2.75) is 44.3 Å². The normalized spacial score (nSPS) is 27.9. The molecule has 0 aromatic heterocycles. The largest absolute Gasteiger partial charge is 0.367 e. The maximum atomic E-state index is 13.8. The minimum Gasteiger partial charge on any atom is -0.367 e. The Kier molecular flexibility index (Phi) is 4.32. The van der Waals surface area contributed by atoms with Gasteiger partial charge in [0.15, 0.2) is 0 Å². The molecule has 2 aliphatic rings. The molecule has 0 amide bonds. The van der Waals surface area contributed by atoms with Crippen molar-refractivity contribution >= 4 is 0 Å². The number of nitrogens with one attached hydrogen (secondary N) is 1. The highest BCUT2D eigenvalue weighted by Gasteiger charge is 2.30. The first-order valence-electron chi connectivity index (χ1n) is 7.54. The van der Waals surface area contributed by atoms with Gasteiger partial charge in [-0.15, -0.1) is 0 Å². The SMILES string of the molecule is Fc1cccc(F)c1C1CNCC(CC2CCCC2)O1. The predicted octanol–water partition coefficient (Wildman–Crippen LogP) is 3.57. The molecular weight excluding hydrogens is 260 g/mol. The fraction of sp³-hybridized carbons (Fsp3) is 0.625. The zero-order chi connectivity index (χ0) is 13.9. The van der Waals surface area contributed by atoms with Crippen LogP contribution in [0.3, 0.4) is 0 Å². The quantitative estimate of drug-likeness (QED) is 0.914. The van der Waals surface area contributed by atoms with Gasteiger partial charge in [0.25, 0.3) is 0 Å². The highest BCUT2D eigenvalue weighted by molar-refractivity contribution is 5.23. The molecule has 1 heterocycles. The number of hydrogen-bond acceptors (Lipinski definition) is 2. The third kappa shape index (κ3) is 3.01. The van der Waals surface area contributed by atoms with E-state index in [0.717, 1.165) is 13.0 Å². The van der Waals surface area contributed by atoms with Gasteiger partial charge < -0.3 is 10.1 Å². The molecule has 110 valence electrons. The van der Waals surface area contributed by atoms with E-state index in [0.29, 0.717) is 12.5 Å². The second kappa shape index (κ2) is 6.19. The van der Waals surface area contributed by atoms with Crippen LogP contribution in [-0.2, 0) is 4.74 Å². The number of rotatable bonds is 3. The molecule has 2 atom stereocenters. The van der Waals surface area contributed by atoms with Crippen molar-refractivity contribution in [1.29, 1.82) is 0 Å². The van der Waals surface area contributed by atoms with Crippen molar-refractivity contribution in [3.05, 3.63) is 35.4 Å². The zero-order valence-corrected chi connectivity index (χ0v) is 11.6. The Labute approximate surface area is 118 Å². The molecule has 0 radical (unpaired) electrons. The molecule has 0 spiro atoms. The van der Waals surface area contributed by atoms with Gasteiger partial charge in [-0.05, 0) is 24.5 Å². The Hall–Kier alpha value is -1.00.